The van der Waals surface area contributed by atoms with Gasteiger partial charge in [0.15, 0.2) is 0 Å². The zero-order valence-corrected chi connectivity index (χ0v) is 7.76. The van der Waals surface area contributed by atoms with Crippen LogP contribution in [0.1, 0.15) is 38.2 Å². The lowest BCUT2D eigenvalue weighted by Gasteiger charge is -1.97. The van der Waals surface area contributed by atoms with Crippen molar-refractivity contribution in [3.05, 3.63) is 17.7 Å². The molecule has 0 radical (unpaired) electrons. The van der Waals surface area contributed by atoms with E-state index in [1.165, 1.54) is 5.69 Å². The molecule has 0 fully saturated rings. The predicted molar refractivity (Wildman–Crippen MR) is 46.7 cm³/mol. The Morgan fingerprint density at radius 3 is 2.45 bits per heavy atom. The van der Waals surface area contributed by atoms with Gasteiger partial charge in [-0.1, -0.05) is 13.8 Å². The van der Waals surface area contributed by atoms with Crippen LogP contribution < -0.4 is 0 Å². The van der Waals surface area contributed by atoms with Crippen LogP contribution >= 0.6 is 0 Å². The minimum Gasteiger partial charge on any atom is -0.335 e. The van der Waals surface area contributed by atoms with Crippen LogP contribution in [0.25, 0.3) is 0 Å². The first-order valence-electron chi connectivity index (χ1n) is 4.18. The number of nitrogens with zero attached hydrogens (tertiary/aromatic N) is 2. The number of aryl methyl sites for hydroxylation is 2. The summed E-state index contributed by atoms with van der Waals surface area (Å²) in [5.41, 5.74) is 1.20. The smallest absolute Gasteiger partial charge is 0.105 e. The zero-order chi connectivity index (χ0) is 8.43. The fourth-order valence-corrected chi connectivity index (χ4v) is 1.13. The molecule has 0 saturated carbocycles. The van der Waals surface area contributed by atoms with E-state index in [0.29, 0.717) is 5.92 Å². The Balaban J connectivity index is 2.95. The molecule has 1 aromatic rings. The molecule has 1 aromatic heterocycles. The van der Waals surface area contributed by atoms with Crippen molar-refractivity contribution in [3.63, 3.8) is 0 Å². The minimum absolute atomic E-state index is 0.543. The zero-order valence-electron chi connectivity index (χ0n) is 7.76. The monoisotopic (exact) mass is 152 g/mol. The van der Waals surface area contributed by atoms with Crippen molar-refractivity contribution in [3.8, 4) is 0 Å². The Kier molecular flexibility index (Phi) is 2.32. The summed E-state index contributed by atoms with van der Waals surface area (Å²) < 4.78 is 2.18. The molecular weight excluding hydrogens is 136 g/mol. The molecule has 1 rings (SSSR count). The molecule has 0 bridgehead atoms. The average Bonchev–Trinajstić information content (AvgIpc) is 2.31. The van der Waals surface area contributed by atoms with E-state index in [9.17, 15) is 0 Å². The largest absolute Gasteiger partial charge is 0.335 e. The van der Waals surface area contributed by atoms with Crippen LogP contribution in [-0.4, -0.2) is 9.55 Å². The lowest BCUT2D eigenvalue weighted by Crippen LogP contribution is -1.93. The van der Waals surface area contributed by atoms with Gasteiger partial charge in [-0.25, -0.2) is 4.98 Å². The number of hydrogen-bond donors (Lipinski definition) is 0. The summed E-state index contributed by atoms with van der Waals surface area (Å²) >= 11 is 0. The first kappa shape index (κ1) is 8.31. The Hall–Kier alpha value is -0.790. The van der Waals surface area contributed by atoms with Crippen molar-refractivity contribution in [2.24, 2.45) is 0 Å². The van der Waals surface area contributed by atoms with Gasteiger partial charge in [0.05, 0.1) is 5.69 Å². The standard InChI is InChI=1S/C9H16N2/c1-5-11-6-9(7(2)3)10-8(11)4/h6-7H,5H2,1-4H3. The molecule has 0 amide bonds. The maximum Gasteiger partial charge on any atom is 0.105 e. The molecule has 0 saturated heterocycles. The normalized spacial score (nSPS) is 11.0. The van der Waals surface area contributed by atoms with Gasteiger partial charge in [0.25, 0.3) is 0 Å². The third-order valence-corrected chi connectivity index (χ3v) is 1.93. The molecule has 0 aliphatic heterocycles. The molecule has 2 nitrogen and oxygen atoms in total. The van der Waals surface area contributed by atoms with Gasteiger partial charge < -0.3 is 4.57 Å². The summed E-state index contributed by atoms with van der Waals surface area (Å²) in [6.45, 7) is 9.54. The van der Waals surface area contributed by atoms with Crippen molar-refractivity contribution in [1.29, 1.82) is 0 Å². The molecule has 0 aliphatic carbocycles. The van der Waals surface area contributed by atoms with E-state index >= 15 is 0 Å². The van der Waals surface area contributed by atoms with E-state index in [1.54, 1.807) is 0 Å². The summed E-state index contributed by atoms with van der Waals surface area (Å²) in [6, 6.07) is 0. The molecule has 2 heteroatoms. The van der Waals surface area contributed by atoms with Crippen LogP contribution in [0.4, 0.5) is 0 Å². The van der Waals surface area contributed by atoms with E-state index in [0.717, 1.165) is 12.4 Å². The van der Waals surface area contributed by atoms with Crippen LogP contribution in [0.5, 0.6) is 0 Å². The molecule has 62 valence electrons. The van der Waals surface area contributed by atoms with Crippen molar-refractivity contribution in [2.45, 2.75) is 40.2 Å². The molecule has 0 aromatic carbocycles. The van der Waals surface area contributed by atoms with Crippen molar-refractivity contribution >= 4 is 0 Å². The van der Waals surface area contributed by atoms with Gasteiger partial charge in [0, 0.05) is 12.7 Å². The van der Waals surface area contributed by atoms with E-state index in [1.807, 2.05) is 0 Å². The van der Waals surface area contributed by atoms with Gasteiger partial charge in [0.2, 0.25) is 0 Å². The van der Waals surface area contributed by atoms with Gasteiger partial charge in [-0.2, -0.15) is 0 Å². The molecule has 11 heavy (non-hydrogen) atoms. The van der Waals surface area contributed by atoms with Gasteiger partial charge in [-0.05, 0) is 19.8 Å². The topological polar surface area (TPSA) is 17.8 Å². The van der Waals surface area contributed by atoms with Crippen molar-refractivity contribution in [2.75, 3.05) is 0 Å². The third-order valence-electron chi connectivity index (χ3n) is 1.93. The number of aromatic nitrogens is 2. The van der Waals surface area contributed by atoms with E-state index in [4.69, 9.17) is 0 Å². The van der Waals surface area contributed by atoms with Crippen LogP contribution in [0.2, 0.25) is 0 Å². The maximum absolute atomic E-state index is 4.44. The van der Waals surface area contributed by atoms with E-state index < -0.39 is 0 Å². The van der Waals surface area contributed by atoms with Crippen LogP contribution in [0, 0.1) is 6.92 Å². The minimum atomic E-state index is 0.543. The summed E-state index contributed by atoms with van der Waals surface area (Å²) in [7, 11) is 0. The summed E-state index contributed by atoms with van der Waals surface area (Å²) in [5.74, 6) is 1.66. The summed E-state index contributed by atoms with van der Waals surface area (Å²) in [4.78, 5) is 4.44. The molecule has 0 N–H and O–H groups in total. The van der Waals surface area contributed by atoms with Gasteiger partial charge in [0.1, 0.15) is 5.82 Å². The SMILES string of the molecule is CCn1cc(C(C)C)nc1C. The highest BCUT2D eigenvalue weighted by Crippen LogP contribution is 2.12. The average molecular weight is 152 g/mol. The maximum atomic E-state index is 4.44. The van der Waals surface area contributed by atoms with Crippen molar-refractivity contribution in [1.82, 2.24) is 9.55 Å². The molecule has 0 atom stereocenters. The molecule has 0 aliphatic rings. The van der Waals surface area contributed by atoms with Crippen molar-refractivity contribution < 1.29 is 0 Å². The molecule has 0 unspecified atom stereocenters. The fraction of sp³-hybridized carbons (Fsp3) is 0.667. The summed E-state index contributed by atoms with van der Waals surface area (Å²) in [5, 5.41) is 0. The Morgan fingerprint density at radius 1 is 1.55 bits per heavy atom. The van der Waals surface area contributed by atoms with E-state index in [2.05, 4.69) is 43.4 Å². The van der Waals surface area contributed by atoms with Gasteiger partial charge in [-0.3, -0.25) is 0 Å². The van der Waals surface area contributed by atoms with Gasteiger partial charge in [-0.15, -0.1) is 0 Å². The molecule has 0 spiro atoms. The number of hydrogen-bond acceptors (Lipinski definition) is 1. The van der Waals surface area contributed by atoms with Crippen LogP contribution in [0.3, 0.4) is 0 Å². The quantitative estimate of drug-likeness (QED) is 0.636. The molecular formula is C9H16N2. The lowest BCUT2D eigenvalue weighted by molar-refractivity contribution is 0.729. The summed E-state index contributed by atoms with van der Waals surface area (Å²) in [6.07, 6.45) is 2.14. The first-order chi connectivity index (χ1) is 5.15. The lowest BCUT2D eigenvalue weighted by atomic mass is 10.2. The Labute approximate surface area is 68.3 Å². The number of imidazole rings is 1. The second kappa shape index (κ2) is 3.07. The third kappa shape index (κ3) is 1.62. The first-order valence-corrected chi connectivity index (χ1v) is 4.18. The molecule has 1 heterocycles. The highest BCUT2D eigenvalue weighted by molar-refractivity contribution is 5.06. The second-order valence-electron chi connectivity index (χ2n) is 3.15. The Bertz CT molecular complexity index is 236. The highest BCUT2D eigenvalue weighted by atomic mass is 15.1. The second-order valence-corrected chi connectivity index (χ2v) is 3.15. The predicted octanol–water partition coefficient (Wildman–Crippen LogP) is 2.33. The van der Waals surface area contributed by atoms with Gasteiger partial charge >= 0.3 is 0 Å². The van der Waals surface area contributed by atoms with Crippen LogP contribution in [-0.2, 0) is 6.54 Å². The fourth-order valence-electron chi connectivity index (χ4n) is 1.13. The number of rotatable bonds is 2. The van der Waals surface area contributed by atoms with Crippen LogP contribution in [0.15, 0.2) is 6.20 Å². The highest BCUT2D eigenvalue weighted by Gasteiger charge is 2.04. The van der Waals surface area contributed by atoms with E-state index in [-0.39, 0.29) is 0 Å². The Morgan fingerprint density at radius 2 is 2.18 bits per heavy atom.